The lowest BCUT2D eigenvalue weighted by atomic mass is 9.87. The summed E-state index contributed by atoms with van der Waals surface area (Å²) in [5.41, 5.74) is 0. The molecule has 1 amide bonds. The monoisotopic (exact) mass is 411 g/mol. The van der Waals surface area contributed by atoms with Crippen molar-refractivity contribution in [3.63, 3.8) is 0 Å². The van der Waals surface area contributed by atoms with Crippen LogP contribution in [0.15, 0.2) is 0 Å². The molecule has 0 aromatic rings. The van der Waals surface area contributed by atoms with Crippen LogP contribution in [0.5, 0.6) is 0 Å². The van der Waals surface area contributed by atoms with Gasteiger partial charge in [-0.2, -0.15) is 0 Å². The molecule has 0 radical (unpaired) electrons. The summed E-state index contributed by atoms with van der Waals surface area (Å²) in [5, 5.41) is 3.46. The van der Waals surface area contributed by atoms with Crippen molar-refractivity contribution in [1.29, 1.82) is 0 Å². The lowest BCUT2D eigenvalue weighted by Gasteiger charge is -2.42. The third-order valence-electron chi connectivity index (χ3n) is 7.41. The van der Waals surface area contributed by atoms with Gasteiger partial charge in [-0.3, -0.25) is 4.79 Å². The predicted octanol–water partition coefficient (Wildman–Crippen LogP) is 6.93. The van der Waals surface area contributed by atoms with Crippen LogP contribution < -0.4 is 5.32 Å². The van der Waals surface area contributed by atoms with Crippen LogP contribution in [0, 0.1) is 17.8 Å². The number of nitrogens with one attached hydrogen (secondary N) is 1. The minimum Gasteiger partial charge on any atom is -0.414 e. The van der Waals surface area contributed by atoms with Gasteiger partial charge in [0.15, 0.2) is 8.32 Å². The van der Waals surface area contributed by atoms with Crippen molar-refractivity contribution < 1.29 is 9.22 Å². The SMILES string of the molecule is CC[C@@H]1CCC[C@H](C)CC[C@@H](O[Si](C)(C)C(C)(C)C)[C@H](CC)CCCNC1=O. The largest absolute Gasteiger partial charge is 0.414 e. The van der Waals surface area contributed by atoms with Crippen molar-refractivity contribution in [2.45, 2.75) is 124 Å². The molecule has 1 aliphatic rings. The first-order valence-corrected chi connectivity index (χ1v) is 14.9. The maximum Gasteiger partial charge on any atom is 0.223 e. The van der Waals surface area contributed by atoms with E-state index in [2.05, 4.69) is 60.0 Å². The van der Waals surface area contributed by atoms with E-state index in [1.807, 2.05) is 0 Å². The highest BCUT2D eigenvalue weighted by Crippen LogP contribution is 2.40. The van der Waals surface area contributed by atoms with Crippen LogP contribution in [0.1, 0.15) is 99.3 Å². The maximum absolute atomic E-state index is 12.5. The molecule has 0 spiro atoms. The van der Waals surface area contributed by atoms with Crippen molar-refractivity contribution in [1.82, 2.24) is 5.32 Å². The maximum atomic E-state index is 12.5. The summed E-state index contributed by atoms with van der Waals surface area (Å²) in [4.78, 5) is 12.5. The van der Waals surface area contributed by atoms with Gasteiger partial charge in [0.1, 0.15) is 0 Å². The number of carbonyl (C=O) groups is 1. The van der Waals surface area contributed by atoms with Gasteiger partial charge in [0.25, 0.3) is 0 Å². The summed E-state index contributed by atoms with van der Waals surface area (Å²) in [6.45, 7) is 19.5. The van der Waals surface area contributed by atoms with Gasteiger partial charge in [0, 0.05) is 18.6 Å². The molecule has 1 N–H and O–H groups in total. The molecule has 0 bridgehead atoms. The van der Waals surface area contributed by atoms with Crippen molar-refractivity contribution in [2.24, 2.45) is 17.8 Å². The third kappa shape index (κ3) is 8.18. The van der Waals surface area contributed by atoms with Gasteiger partial charge in [-0.1, -0.05) is 60.8 Å². The Bertz CT molecular complexity index is 458. The van der Waals surface area contributed by atoms with Crippen LogP contribution in [-0.2, 0) is 9.22 Å². The van der Waals surface area contributed by atoms with Crippen LogP contribution in [0.3, 0.4) is 0 Å². The van der Waals surface area contributed by atoms with Gasteiger partial charge < -0.3 is 9.74 Å². The summed E-state index contributed by atoms with van der Waals surface area (Å²) < 4.78 is 6.96. The highest BCUT2D eigenvalue weighted by atomic mass is 28.4. The van der Waals surface area contributed by atoms with E-state index in [9.17, 15) is 4.79 Å². The zero-order valence-electron chi connectivity index (χ0n) is 20.2. The first-order valence-electron chi connectivity index (χ1n) is 12.0. The zero-order valence-corrected chi connectivity index (χ0v) is 21.2. The minimum absolute atomic E-state index is 0.201. The average molecular weight is 412 g/mol. The Balaban J connectivity index is 2.89. The number of hydrogen-bond acceptors (Lipinski definition) is 2. The van der Waals surface area contributed by atoms with Crippen molar-refractivity contribution in [3.05, 3.63) is 0 Å². The molecule has 1 heterocycles. The van der Waals surface area contributed by atoms with E-state index in [0.717, 1.165) is 38.6 Å². The van der Waals surface area contributed by atoms with E-state index in [0.29, 0.717) is 17.9 Å². The van der Waals surface area contributed by atoms with Gasteiger partial charge in [0.2, 0.25) is 5.91 Å². The number of hydrogen-bond donors (Lipinski definition) is 1. The summed E-state index contributed by atoms with van der Waals surface area (Å²) in [7, 11) is -1.78. The highest BCUT2D eigenvalue weighted by molar-refractivity contribution is 6.74. The Morgan fingerprint density at radius 2 is 1.68 bits per heavy atom. The fourth-order valence-electron chi connectivity index (χ4n) is 4.15. The highest BCUT2D eigenvalue weighted by Gasteiger charge is 2.40. The molecule has 3 nitrogen and oxygen atoms in total. The lowest BCUT2D eigenvalue weighted by Crippen LogP contribution is -2.46. The van der Waals surface area contributed by atoms with Gasteiger partial charge in [0.05, 0.1) is 0 Å². The van der Waals surface area contributed by atoms with E-state index < -0.39 is 8.32 Å². The molecule has 4 heteroatoms. The topological polar surface area (TPSA) is 38.3 Å². The fourth-order valence-corrected chi connectivity index (χ4v) is 5.57. The van der Waals surface area contributed by atoms with E-state index in [4.69, 9.17) is 4.43 Å². The molecule has 1 fully saturated rings. The molecule has 1 aliphatic heterocycles. The van der Waals surface area contributed by atoms with Crippen LogP contribution in [-0.4, -0.2) is 26.9 Å². The summed E-state index contributed by atoms with van der Waals surface area (Å²) in [6, 6.07) is 0. The molecule has 0 aromatic heterocycles. The molecular weight excluding hydrogens is 362 g/mol. The lowest BCUT2D eigenvalue weighted by molar-refractivity contribution is -0.125. The molecule has 28 heavy (non-hydrogen) atoms. The van der Waals surface area contributed by atoms with Crippen LogP contribution in [0.4, 0.5) is 0 Å². The third-order valence-corrected chi connectivity index (χ3v) is 11.9. The Kier molecular flexibility index (Phi) is 10.8. The van der Waals surface area contributed by atoms with Gasteiger partial charge >= 0.3 is 0 Å². The van der Waals surface area contributed by atoms with Gasteiger partial charge in [-0.05, 0) is 68.5 Å². The second kappa shape index (κ2) is 11.7. The normalized spacial score (nSPS) is 29.8. The van der Waals surface area contributed by atoms with E-state index in [-0.39, 0.29) is 16.9 Å². The van der Waals surface area contributed by atoms with Crippen LogP contribution in [0.2, 0.25) is 18.1 Å². The first kappa shape index (κ1) is 25.7. The Labute approximate surface area is 176 Å². The van der Waals surface area contributed by atoms with E-state index >= 15 is 0 Å². The van der Waals surface area contributed by atoms with Crippen molar-refractivity contribution in [3.8, 4) is 0 Å². The second-order valence-corrected chi connectivity index (χ2v) is 15.5. The quantitative estimate of drug-likeness (QED) is 0.509. The summed E-state index contributed by atoms with van der Waals surface area (Å²) in [6.07, 6.45) is 10.6. The molecular formula is C24H49NO2Si. The zero-order chi connectivity index (χ0) is 21.4. The predicted molar refractivity (Wildman–Crippen MR) is 124 cm³/mol. The Morgan fingerprint density at radius 3 is 2.25 bits per heavy atom. The van der Waals surface area contributed by atoms with E-state index in [1.165, 1.54) is 25.7 Å². The van der Waals surface area contributed by atoms with Crippen molar-refractivity contribution >= 4 is 14.2 Å². The van der Waals surface area contributed by atoms with E-state index in [1.54, 1.807) is 0 Å². The van der Waals surface area contributed by atoms with Crippen molar-refractivity contribution in [2.75, 3.05) is 6.54 Å². The molecule has 4 atom stereocenters. The van der Waals surface area contributed by atoms with Crippen LogP contribution >= 0.6 is 0 Å². The molecule has 1 saturated heterocycles. The standard InChI is InChI=1S/C24H49NO2Si/c1-9-20-15-12-18-25-23(26)21(10-2)14-11-13-19(3)16-17-22(20)27-28(7,8)24(4,5)6/h19-22H,9-18H2,1-8H3,(H,25,26)/t19-,20+,21+,22+/m0/s1. The number of rotatable bonds is 4. The second-order valence-electron chi connectivity index (χ2n) is 10.7. The summed E-state index contributed by atoms with van der Waals surface area (Å²) >= 11 is 0. The number of amides is 1. The molecule has 0 aliphatic carbocycles. The first-order chi connectivity index (χ1) is 13.0. The molecule has 166 valence electrons. The average Bonchev–Trinajstić information content (AvgIpc) is 2.60. The minimum atomic E-state index is -1.78. The number of carbonyl (C=O) groups excluding carboxylic acids is 1. The molecule has 0 unspecified atom stereocenters. The Morgan fingerprint density at radius 1 is 1.00 bits per heavy atom. The summed E-state index contributed by atoms with van der Waals surface area (Å²) in [5.74, 6) is 1.79. The molecule has 0 saturated carbocycles. The van der Waals surface area contributed by atoms with Gasteiger partial charge in [-0.15, -0.1) is 0 Å². The van der Waals surface area contributed by atoms with Gasteiger partial charge in [-0.25, -0.2) is 0 Å². The van der Waals surface area contributed by atoms with Crippen LogP contribution in [0.25, 0.3) is 0 Å². The fraction of sp³-hybridized carbons (Fsp3) is 0.958. The molecule has 1 rings (SSSR count). The smallest absolute Gasteiger partial charge is 0.223 e. The Hall–Kier alpha value is -0.353. The molecule has 0 aromatic carbocycles.